The van der Waals surface area contributed by atoms with Crippen molar-refractivity contribution in [3.05, 3.63) is 54.4 Å². The Hall–Kier alpha value is -2.16. The molecule has 0 amide bonds. The van der Waals surface area contributed by atoms with Crippen molar-refractivity contribution in [2.45, 2.75) is 6.42 Å². The van der Waals surface area contributed by atoms with Crippen molar-refractivity contribution in [2.24, 2.45) is 0 Å². The average molecular weight is 212 g/mol. The third kappa shape index (κ3) is 2.45. The zero-order valence-corrected chi connectivity index (χ0v) is 8.78. The van der Waals surface area contributed by atoms with Crippen molar-refractivity contribution in [1.82, 2.24) is 9.78 Å². The summed E-state index contributed by atoms with van der Waals surface area (Å²) < 4.78 is 1.80. The summed E-state index contributed by atoms with van der Waals surface area (Å²) in [5.74, 6) is 0. The van der Waals surface area contributed by atoms with Crippen LogP contribution in [-0.4, -0.2) is 16.1 Å². The largest absolute Gasteiger partial charge is 0.303 e. The number of allylic oxidation sites excluding steroid dienone is 1. The van der Waals surface area contributed by atoms with Crippen LogP contribution in [0.15, 0.2) is 48.8 Å². The summed E-state index contributed by atoms with van der Waals surface area (Å²) in [5, 5.41) is 4.14. The number of hydrogen-bond acceptors (Lipinski definition) is 2. The molecule has 0 atom stereocenters. The van der Waals surface area contributed by atoms with Crippen LogP contribution in [0.3, 0.4) is 0 Å². The van der Waals surface area contributed by atoms with Gasteiger partial charge in [0.1, 0.15) is 6.29 Å². The zero-order chi connectivity index (χ0) is 11.2. The molecule has 1 aromatic heterocycles. The number of aldehydes is 1. The number of carbonyl (C=O) groups excluding carboxylic acids is 1. The standard InChI is InChI=1S/C13H12N2O/c16-11-2-1-4-12-5-7-13(8-6-12)15-10-3-9-14-15/h1,3-11H,2H2. The third-order valence-corrected chi connectivity index (χ3v) is 2.20. The van der Waals surface area contributed by atoms with Crippen LogP contribution in [0, 0.1) is 0 Å². The molecule has 0 N–H and O–H groups in total. The van der Waals surface area contributed by atoms with E-state index in [0.29, 0.717) is 6.42 Å². The lowest BCUT2D eigenvalue weighted by molar-refractivity contribution is -0.107. The molecule has 0 saturated carbocycles. The fraction of sp³-hybridized carbons (Fsp3) is 0.0769. The highest BCUT2D eigenvalue weighted by Crippen LogP contribution is 2.09. The molecule has 0 fully saturated rings. The van der Waals surface area contributed by atoms with Gasteiger partial charge >= 0.3 is 0 Å². The Balaban J connectivity index is 2.13. The maximum Gasteiger partial charge on any atom is 0.123 e. The molecule has 16 heavy (non-hydrogen) atoms. The van der Waals surface area contributed by atoms with E-state index in [1.807, 2.05) is 48.7 Å². The van der Waals surface area contributed by atoms with Gasteiger partial charge in [0, 0.05) is 18.8 Å². The molecule has 1 aromatic carbocycles. The molecule has 3 nitrogen and oxygen atoms in total. The highest BCUT2D eigenvalue weighted by molar-refractivity contribution is 5.58. The summed E-state index contributed by atoms with van der Waals surface area (Å²) in [6.07, 6.45) is 8.77. The second-order valence-electron chi connectivity index (χ2n) is 3.35. The van der Waals surface area contributed by atoms with Gasteiger partial charge in [-0.25, -0.2) is 4.68 Å². The SMILES string of the molecule is O=CCC=Cc1ccc(-n2cccn2)cc1. The summed E-state index contributed by atoms with van der Waals surface area (Å²) in [6.45, 7) is 0. The summed E-state index contributed by atoms with van der Waals surface area (Å²) >= 11 is 0. The van der Waals surface area contributed by atoms with Crippen molar-refractivity contribution < 1.29 is 4.79 Å². The number of rotatable bonds is 4. The number of aromatic nitrogens is 2. The minimum absolute atomic E-state index is 0.459. The molecule has 0 bridgehead atoms. The first-order chi connectivity index (χ1) is 7.90. The lowest BCUT2D eigenvalue weighted by Crippen LogP contribution is -1.93. The molecular formula is C13H12N2O. The Bertz CT molecular complexity index is 469. The predicted octanol–water partition coefficient (Wildman–Crippen LogP) is 2.47. The lowest BCUT2D eigenvalue weighted by Gasteiger charge is -2.01. The van der Waals surface area contributed by atoms with Crippen molar-refractivity contribution >= 4 is 12.4 Å². The van der Waals surface area contributed by atoms with E-state index in [-0.39, 0.29) is 0 Å². The Kier molecular flexibility index (Phi) is 3.28. The van der Waals surface area contributed by atoms with E-state index in [1.165, 1.54) is 0 Å². The molecule has 2 aromatic rings. The van der Waals surface area contributed by atoms with E-state index in [9.17, 15) is 4.79 Å². The van der Waals surface area contributed by atoms with Crippen LogP contribution in [0.25, 0.3) is 11.8 Å². The van der Waals surface area contributed by atoms with Crippen LogP contribution in [0.1, 0.15) is 12.0 Å². The van der Waals surface area contributed by atoms with Gasteiger partial charge in [0.25, 0.3) is 0 Å². The number of hydrogen-bond donors (Lipinski definition) is 0. The molecular weight excluding hydrogens is 200 g/mol. The van der Waals surface area contributed by atoms with Gasteiger partial charge in [-0.1, -0.05) is 24.3 Å². The Morgan fingerprint density at radius 3 is 2.69 bits per heavy atom. The van der Waals surface area contributed by atoms with E-state index in [0.717, 1.165) is 17.5 Å². The molecule has 3 heteroatoms. The smallest absolute Gasteiger partial charge is 0.123 e. The van der Waals surface area contributed by atoms with E-state index in [4.69, 9.17) is 0 Å². The minimum atomic E-state index is 0.459. The normalized spacial score (nSPS) is 10.8. The number of carbonyl (C=O) groups is 1. The van der Waals surface area contributed by atoms with Gasteiger partial charge in [-0.05, 0) is 23.8 Å². The first-order valence-electron chi connectivity index (χ1n) is 5.10. The average Bonchev–Trinajstić information content (AvgIpc) is 2.84. The maximum absolute atomic E-state index is 10.1. The highest BCUT2D eigenvalue weighted by Gasteiger charge is 1.94. The first kappa shape index (κ1) is 10.4. The molecule has 0 aliphatic rings. The van der Waals surface area contributed by atoms with Gasteiger partial charge < -0.3 is 4.79 Å². The summed E-state index contributed by atoms with van der Waals surface area (Å²) in [6, 6.07) is 9.87. The van der Waals surface area contributed by atoms with E-state index in [1.54, 1.807) is 10.9 Å². The zero-order valence-electron chi connectivity index (χ0n) is 8.78. The molecule has 0 spiro atoms. The Morgan fingerprint density at radius 1 is 1.25 bits per heavy atom. The summed E-state index contributed by atoms with van der Waals surface area (Å²) in [5.41, 5.74) is 2.11. The molecule has 0 radical (unpaired) electrons. The van der Waals surface area contributed by atoms with E-state index < -0.39 is 0 Å². The van der Waals surface area contributed by atoms with Gasteiger partial charge in [0.2, 0.25) is 0 Å². The summed E-state index contributed by atoms with van der Waals surface area (Å²) in [4.78, 5) is 10.1. The van der Waals surface area contributed by atoms with Crippen molar-refractivity contribution in [3.63, 3.8) is 0 Å². The molecule has 80 valence electrons. The van der Waals surface area contributed by atoms with Crippen LogP contribution in [0.2, 0.25) is 0 Å². The van der Waals surface area contributed by atoms with Crippen molar-refractivity contribution in [1.29, 1.82) is 0 Å². The number of benzene rings is 1. The third-order valence-electron chi connectivity index (χ3n) is 2.20. The van der Waals surface area contributed by atoms with Gasteiger partial charge in [-0.2, -0.15) is 5.10 Å². The van der Waals surface area contributed by atoms with Gasteiger partial charge in [-0.15, -0.1) is 0 Å². The van der Waals surface area contributed by atoms with Crippen LogP contribution >= 0.6 is 0 Å². The fourth-order valence-corrected chi connectivity index (χ4v) is 1.42. The molecule has 0 unspecified atom stereocenters. The Labute approximate surface area is 94.0 Å². The van der Waals surface area contributed by atoms with Crippen LogP contribution in [0.4, 0.5) is 0 Å². The first-order valence-corrected chi connectivity index (χ1v) is 5.10. The molecule has 0 aliphatic heterocycles. The molecule has 0 saturated heterocycles. The van der Waals surface area contributed by atoms with Gasteiger partial charge in [-0.3, -0.25) is 0 Å². The topological polar surface area (TPSA) is 34.9 Å². The van der Waals surface area contributed by atoms with Gasteiger partial charge in [0.05, 0.1) is 5.69 Å². The molecule has 1 heterocycles. The predicted molar refractivity (Wildman–Crippen MR) is 63.3 cm³/mol. The minimum Gasteiger partial charge on any atom is -0.303 e. The quantitative estimate of drug-likeness (QED) is 0.730. The second kappa shape index (κ2) is 5.07. The molecule has 2 rings (SSSR count). The van der Waals surface area contributed by atoms with Crippen LogP contribution in [-0.2, 0) is 4.79 Å². The Morgan fingerprint density at radius 2 is 2.06 bits per heavy atom. The highest BCUT2D eigenvalue weighted by atomic mass is 16.1. The van der Waals surface area contributed by atoms with Crippen LogP contribution < -0.4 is 0 Å². The van der Waals surface area contributed by atoms with Gasteiger partial charge in [0.15, 0.2) is 0 Å². The fourth-order valence-electron chi connectivity index (χ4n) is 1.42. The van der Waals surface area contributed by atoms with Crippen molar-refractivity contribution in [2.75, 3.05) is 0 Å². The summed E-state index contributed by atoms with van der Waals surface area (Å²) in [7, 11) is 0. The number of nitrogens with zero attached hydrogens (tertiary/aromatic N) is 2. The van der Waals surface area contributed by atoms with E-state index in [2.05, 4.69) is 5.10 Å². The second-order valence-corrected chi connectivity index (χ2v) is 3.35. The van der Waals surface area contributed by atoms with Crippen molar-refractivity contribution in [3.8, 4) is 5.69 Å². The van der Waals surface area contributed by atoms with Crippen LogP contribution in [0.5, 0.6) is 0 Å². The lowest BCUT2D eigenvalue weighted by atomic mass is 10.2. The maximum atomic E-state index is 10.1. The van der Waals surface area contributed by atoms with E-state index >= 15 is 0 Å². The molecule has 0 aliphatic carbocycles. The monoisotopic (exact) mass is 212 g/mol.